The van der Waals surface area contributed by atoms with Gasteiger partial charge in [0.2, 0.25) is 0 Å². The van der Waals surface area contributed by atoms with E-state index in [9.17, 15) is 5.11 Å². The van der Waals surface area contributed by atoms with E-state index in [1.54, 1.807) is 7.11 Å². The van der Waals surface area contributed by atoms with Crippen LogP contribution in [0.1, 0.15) is 125 Å². The molecule has 0 aliphatic carbocycles. The van der Waals surface area contributed by atoms with Crippen molar-refractivity contribution in [3.05, 3.63) is 119 Å². The Kier molecular flexibility index (Phi) is 18.6. The number of methoxy groups -OCH3 is 1. The summed E-state index contributed by atoms with van der Waals surface area (Å²) in [6.07, 6.45) is 3.86. The molecule has 4 aromatic carbocycles. The van der Waals surface area contributed by atoms with Gasteiger partial charge in [-0.2, -0.15) is 0 Å². The van der Waals surface area contributed by atoms with Crippen molar-refractivity contribution in [2.45, 2.75) is 137 Å². The number of aliphatic hydroxyl groups is 1. The van der Waals surface area contributed by atoms with Crippen LogP contribution in [0.4, 0.5) is 0 Å². The minimum atomic E-state index is -0.428. The Morgan fingerprint density at radius 3 is 1.53 bits per heavy atom. The van der Waals surface area contributed by atoms with E-state index >= 15 is 0 Å². The zero-order valence-electron chi connectivity index (χ0n) is 36.6. The highest BCUT2D eigenvalue weighted by molar-refractivity contribution is 5.44. The quantitative estimate of drug-likeness (QED) is 0.0946. The molecule has 2 fully saturated rings. The van der Waals surface area contributed by atoms with E-state index in [-0.39, 0.29) is 42.0 Å². The number of benzene rings is 4. The van der Waals surface area contributed by atoms with E-state index in [1.165, 1.54) is 22.3 Å². The predicted octanol–water partition coefficient (Wildman–Crippen LogP) is 12.0. The molecule has 0 saturated carbocycles. The van der Waals surface area contributed by atoms with Gasteiger partial charge in [0.1, 0.15) is 54.0 Å². The molecular formula is C51H74O7. The molecule has 3 unspecified atom stereocenters. The van der Waals surface area contributed by atoms with Crippen molar-refractivity contribution in [3.63, 3.8) is 0 Å². The summed E-state index contributed by atoms with van der Waals surface area (Å²) in [6, 6.07) is 33.3. The molecule has 320 valence electrons. The van der Waals surface area contributed by atoms with Crippen LogP contribution in [0.25, 0.3) is 0 Å². The number of epoxide rings is 2. The van der Waals surface area contributed by atoms with Crippen molar-refractivity contribution in [3.8, 4) is 23.0 Å². The molecule has 7 nitrogen and oxygen atoms in total. The Bertz CT molecular complexity index is 1730. The van der Waals surface area contributed by atoms with Crippen molar-refractivity contribution in [1.82, 2.24) is 0 Å². The average molecular weight is 799 g/mol. The summed E-state index contributed by atoms with van der Waals surface area (Å²) < 4.78 is 34.0. The van der Waals surface area contributed by atoms with E-state index in [1.807, 2.05) is 50.2 Å². The van der Waals surface area contributed by atoms with Gasteiger partial charge in [-0.15, -0.1) is 0 Å². The third-order valence-corrected chi connectivity index (χ3v) is 11.8. The van der Waals surface area contributed by atoms with Gasteiger partial charge in [0.15, 0.2) is 0 Å². The maximum atomic E-state index is 10.3. The van der Waals surface area contributed by atoms with E-state index < -0.39 is 6.10 Å². The van der Waals surface area contributed by atoms with Crippen molar-refractivity contribution < 1.29 is 33.5 Å². The number of hydrogen-bond acceptors (Lipinski definition) is 7. The lowest BCUT2D eigenvalue weighted by Crippen LogP contribution is -2.40. The molecule has 3 atom stereocenters. The molecule has 0 radical (unpaired) electrons. The second-order valence-corrected chi connectivity index (χ2v) is 16.0. The molecule has 1 N–H and O–H groups in total. The van der Waals surface area contributed by atoms with Crippen molar-refractivity contribution in [2.75, 3.05) is 33.5 Å². The predicted molar refractivity (Wildman–Crippen MR) is 239 cm³/mol. The minimum absolute atomic E-state index is 0. The minimum Gasteiger partial charge on any atom is -0.497 e. The topological polar surface area (TPSA) is 82.2 Å². The second-order valence-electron chi connectivity index (χ2n) is 16.0. The third kappa shape index (κ3) is 12.7. The summed E-state index contributed by atoms with van der Waals surface area (Å²) in [5.41, 5.74) is 4.45. The van der Waals surface area contributed by atoms with E-state index in [4.69, 9.17) is 28.4 Å². The smallest absolute Gasteiger partial charge is 0.137 e. The number of rotatable bonds is 19. The Morgan fingerprint density at radius 1 is 0.638 bits per heavy atom. The number of aliphatic hydroxyl groups excluding tert-OH is 1. The van der Waals surface area contributed by atoms with Gasteiger partial charge in [-0.05, 0) is 89.5 Å². The zero-order valence-corrected chi connectivity index (χ0v) is 36.6. The Labute approximate surface area is 351 Å². The van der Waals surface area contributed by atoms with Gasteiger partial charge >= 0.3 is 0 Å². The van der Waals surface area contributed by atoms with Crippen LogP contribution in [0.5, 0.6) is 23.0 Å². The normalized spacial score (nSPS) is 16.4. The lowest BCUT2D eigenvalue weighted by Gasteiger charge is -2.32. The molecular weight excluding hydrogens is 725 g/mol. The Balaban J connectivity index is 0.000000313. The molecule has 2 saturated heterocycles. The molecule has 58 heavy (non-hydrogen) atoms. The maximum Gasteiger partial charge on any atom is 0.137 e. The zero-order chi connectivity index (χ0) is 41.6. The summed E-state index contributed by atoms with van der Waals surface area (Å²) in [6.45, 7) is 24.0. The highest BCUT2D eigenvalue weighted by Crippen LogP contribution is 2.38. The molecule has 0 aromatic heterocycles. The van der Waals surface area contributed by atoms with Crippen LogP contribution < -0.4 is 18.9 Å². The first-order valence-electron chi connectivity index (χ1n) is 21.2. The lowest BCUT2D eigenvalue weighted by atomic mass is 9.78. The van der Waals surface area contributed by atoms with E-state index in [0.717, 1.165) is 61.9 Å². The highest BCUT2D eigenvalue weighted by Gasteiger charge is 2.46. The fourth-order valence-corrected chi connectivity index (χ4v) is 7.23. The number of ether oxygens (including phenoxy) is 6. The SMILES string of the molecule is C.CC.CCC(CC)C(O)COc1ccc(C(C)(C)c2ccc(OC(CC)(CC)C3CO3)cc2)cc1.COc1cccc(C(C)(C)c2ccc(OCC3CO3)cc2)c1. The third-order valence-electron chi connectivity index (χ3n) is 11.8. The molecule has 7 heteroatoms. The van der Waals surface area contributed by atoms with Gasteiger partial charge in [0, 0.05) is 10.8 Å². The molecule has 6 rings (SSSR count). The fraction of sp³-hybridized carbons (Fsp3) is 0.529. The second kappa shape index (κ2) is 22.4. The van der Waals surface area contributed by atoms with Crippen LogP contribution in [-0.4, -0.2) is 62.6 Å². The number of hydrogen-bond donors (Lipinski definition) is 1. The first-order chi connectivity index (χ1) is 27.4. The standard InChI is InChI=1S/C29H42O4.C19H22O3.C2H6.CH4/c1-7-21(8-2)26(30)19-31-24-15-11-22(12-16-24)28(5,6)23-13-17-25(18-14-23)33-29(9-3,10-4)27-20-32-27;1-19(2,15-5-4-6-17(11-15)20-3)14-7-9-16(10-8-14)21-12-18-13-22-18;1-2;/h11-18,21,26-27,30H,7-10,19-20H2,1-6H3;4-11,18H,12-13H2,1-3H3;1-2H3;1H4. The Hall–Kier alpha value is -4.04. The molecule has 2 aliphatic heterocycles. The largest absolute Gasteiger partial charge is 0.497 e. The molecule has 2 heterocycles. The van der Waals surface area contributed by atoms with Crippen molar-refractivity contribution in [2.24, 2.45) is 5.92 Å². The van der Waals surface area contributed by atoms with Gasteiger partial charge in [-0.1, -0.05) is 138 Å². The molecule has 2 aliphatic rings. The van der Waals surface area contributed by atoms with Gasteiger partial charge in [-0.3, -0.25) is 0 Å². The van der Waals surface area contributed by atoms with Crippen LogP contribution >= 0.6 is 0 Å². The monoisotopic (exact) mass is 799 g/mol. The molecule has 4 aromatic rings. The highest BCUT2D eigenvalue weighted by atomic mass is 16.6. The van der Waals surface area contributed by atoms with Crippen LogP contribution in [0.15, 0.2) is 97.1 Å². The van der Waals surface area contributed by atoms with Crippen LogP contribution in [-0.2, 0) is 20.3 Å². The van der Waals surface area contributed by atoms with Gasteiger partial charge in [0.05, 0.1) is 26.4 Å². The summed E-state index contributed by atoms with van der Waals surface area (Å²) in [5.74, 6) is 3.75. The van der Waals surface area contributed by atoms with E-state index in [0.29, 0.717) is 13.2 Å². The summed E-state index contributed by atoms with van der Waals surface area (Å²) >= 11 is 0. The Morgan fingerprint density at radius 2 is 1.10 bits per heavy atom. The fourth-order valence-electron chi connectivity index (χ4n) is 7.23. The van der Waals surface area contributed by atoms with Crippen LogP contribution in [0, 0.1) is 5.92 Å². The first-order valence-corrected chi connectivity index (χ1v) is 21.2. The molecule has 0 bridgehead atoms. The molecule has 0 amide bonds. The molecule has 0 spiro atoms. The van der Waals surface area contributed by atoms with Gasteiger partial charge in [0.25, 0.3) is 0 Å². The van der Waals surface area contributed by atoms with Gasteiger partial charge in [-0.25, -0.2) is 0 Å². The van der Waals surface area contributed by atoms with E-state index in [2.05, 4.69) is 116 Å². The summed E-state index contributed by atoms with van der Waals surface area (Å²) in [4.78, 5) is 0. The lowest BCUT2D eigenvalue weighted by molar-refractivity contribution is 0.0301. The average Bonchev–Trinajstić information content (AvgIpc) is 4.19. The van der Waals surface area contributed by atoms with Gasteiger partial charge < -0.3 is 33.5 Å². The maximum absolute atomic E-state index is 10.3. The van der Waals surface area contributed by atoms with Crippen molar-refractivity contribution in [1.29, 1.82) is 0 Å². The van der Waals surface area contributed by atoms with Crippen molar-refractivity contribution >= 4 is 0 Å². The summed E-state index contributed by atoms with van der Waals surface area (Å²) in [7, 11) is 1.70. The van der Waals surface area contributed by atoms with Crippen LogP contribution in [0.2, 0.25) is 0 Å². The first kappa shape index (κ1) is 48.3. The summed E-state index contributed by atoms with van der Waals surface area (Å²) in [5, 5.41) is 10.3. The van der Waals surface area contributed by atoms with Crippen LogP contribution in [0.3, 0.4) is 0 Å².